The Labute approximate surface area is 197 Å². The van der Waals surface area contributed by atoms with Gasteiger partial charge < -0.3 is 9.64 Å². The standard InChI is InChI=1S/C25H25ClN4O3/c1-16-21(10-8-18(15-27)22(16)26)30-23(31)25(2,3)29(24(30)32)12-5-13-33-19-9-7-17-6-4-11-28-20(17)14-19/h4,6-11,14,16,22H,5,12-13H2,1-3H3. The lowest BCUT2D eigenvalue weighted by Crippen LogP contribution is -2.45. The van der Waals surface area contributed by atoms with Crippen LogP contribution in [0.1, 0.15) is 27.2 Å². The molecule has 1 aromatic heterocycles. The molecule has 3 amide bonds. The van der Waals surface area contributed by atoms with Gasteiger partial charge in [0.25, 0.3) is 5.91 Å². The third-order valence-electron chi connectivity index (χ3n) is 6.22. The zero-order valence-electron chi connectivity index (χ0n) is 18.8. The van der Waals surface area contributed by atoms with Crippen molar-refractivity contribution in [3.8, 4) is 11.8 Å². The fraction of sp³-hybridized carbons (Fsp3) is 0.360. The fourth-order valence-corrected chi connectivity index (χ4v) is 4.45. The second-order valence-electron chi connectivity index (χ2n) is 8.71. The number of nitriles is 1. The van der Waals surface area contributed by atoms with E-state index >= 15 is 0 Å². The van der Waals surface area contributed by atoms with Gasteiger partial charge in [-0.15, -0.1) is 11.6 Å². The Morgan fingerprint density at radius 3 is 2.79 bits per heavy atom. The summed E-state index contributed by atoms with van der Waals surface area (Å²) in [5, 5.41) is 9.66. The highest BCUT2D eigenvalue weighted by Gasteiger charge is 2.53. The Kier molecular flexibility index (Phi) is 6.13. The van der Waals surface area contributed by atoms with E-state index in [2.05, 4.69) is 11.1 Å². The van der Waals surface area contributed by atoms with E-state index in [0.717, 1.165) is 10.9 Å². The molecule has 1 saturated heterocycles. The van der Waals surface area contributed by atoms with Crippen LogP contribution in [0.3, 0.4) is 0 Å². The van der Waals surface area contributed by atoms with Crippen LogP contribution in [0.15, 0.2) is 60.0 Å². The number of halogens is 1. The summed E-state index contributed by atoms with van der Waals surface area (Å²) in [5.41, 5.74) is 0.794. The molecule has 33 heavy (non-hydrogen) atoms. The first-order valence-electron chi connectivity index (χ1n) is 10.9. The Morgan fingerprint density at radius 2 is 2.03 bits per heavy atom. The molecule has 2 atom stereocenters. The lowest BCUT2D eigenvalue weighted by molar-refractivity contribution is -0.130. The van der Waals surface area contributed by atoms with Crippen molar-refractivity contribution < 1.29 is 14.3 Å². The SMILES string of the molecule is CC1C(N2C(=O)N(CCCOc3ccc4cccnc4c3)C(C)(C)C2=O)=CC=C(C#N)C1Cl. The van der Waals surface area contributed by atoms with Crippen molar-refractivity contribution in [1.82, 2.24) is 14.8 Å². The van der Waals surface area contributed by atoms with Crippen LogP contribution in [0, 0.1) is 17.2 Å². The molecule has 7 nitrogen and oxygen atoms in total. The highest BCUT2D eigenvalue weighted by atomic mass is 35.5. The van der Waals surface area contributed by atoms with Crippen molar-refractivity contribution in [2.24, 2.45) is 5.92 Å². The van der Waals surface area contributed by atoms with Crippen LogP contribution in [-0.4, -0.2) is 50.8 Å². The molecule has 0 N–H and O–H groups in total. The monoisotopic (exact) mass is 464 g/mol. The van der Waals surface area contributed by atoms with Gasteiger partial charge in [-0.05, 0) is 50.6 Å². The molecule has 2 aliphatic rings. The lowest BCUT2D eigenvalue weighted by Gasteiger charge is -2.29. The second kappa shape index (κ2) is 8.87. The predicted octanol–water partition coefficient (Wildman–Crippen LogP) is 4.64. The van der Waals surface area contributed by atoms with Gasteiger partial charge in [0.2, 0.25) is 0 Å². The summed E-state index contributed by atoms with van der Waals surface area (Å²) >= 11 is 6.39. The summed E-state index contributed by atoms with van der Waals surface area (Å²) in [6.07, 6.45) is 5.52. The maximum absolute atomic E-state index is 13.3. The van der Waals surface area contributed by atoms with Crippen LogP contribution < -0.4 is 4.74 Å². The molecule has 0 spiro atoms. The number of urea groups is 1. The number of hydrogen-bond acceptors (Lipinski definition) is 5. The number of nitrogens with zero attached hydrogens (tertiary/aromatic N) is 4. The zero-order chi connectivity index (χ0) is 23.8. The lowest BCUT2D eigenvalue weighted by atomic mass is 9.91. The quantitative estimate of drug-likeness (QED) is 0.353. The van der Waals surface area contributed by atoms with E-state index in [1.54, 1.807) is 37.1 Å². The number of carbonyl (C=O) groups is 2. The van der Waals surface area contributed by atoms with E-state index in [0.29, 0.717) is 36.6 Å². The minimum Gasteiger partial charge on any atom is -0.493 e. The van der Waals surface area contributed by atoms with Crippen molar-refractivity contribution in [3.05, 3.63) is 60.0 Å². The van der Waals surface area contributed by atoms with Gasteiger partial charge in [-0.25, -0.2) is 9.69 Å². The molecule has 170 valence electrons. The molecule has 2 aromatic rings. The molecule has 2 heterocycles. The zero-order valence-corrected chi connectivity index (χ0v) is 19.5. The van der Waals surface area contributed by atoms with Gasteiger partial charge >= 0.3 is 6.03 Å². The number of carbonyl (C=O) groups excluding carboxylic acids is 2. The van der Waals surface area contributed by atoms with Crippen molar-refractivity contribution in [1.29, 1.82) is 5.26 Å². The Hall–Kier alpha value is -3.37. The smallest absolute Gasteiger partial charge is 0.332 e. The van der Waals surface area contributed by atoms with E-state index in [4.69, 9.17) is 16.3 Å². The highest BCUT2D eigenvalue weighted by Crippen LogP contribution is 2.38. The van der Waals surface area contributed by atoms with Gasteiger partial charge in [0.15, 0.2) is 0 Å². The minimum absolute atomic E-state index is 0.301. The summed E-state index contributed by atoms with van der Waals surface area (Å²) in [4.78, 5) is 33.6. The highest BCUT2D eigenvalue weighted by molar-refractivity contribution is 6.23. The van der Waals surface area contributed by atoms with Crippen LogP contribution in [0.25, 0.3) is 10.9 Å². The number of fused-ring (bicyclic) bond motifs is 1. The Morgan fingerprint density at radius 1 is 1.24 bits per heavy atom. The van der Waals surface area contributed by atoms with Crippen molar-refractivity contribution in [3.63, 3.8) is 0 Å². The topological polar surface area (TPSA) is 86.5 Å². The summed E-state index contributed by atoms with van der Waals surface area (Å²) in [7, 11) is 0. The summed E-state index contributed by atoms with van der Waals surface area (Å²) in [6.45, 7) is 6.06. The number of alkyl halides is 1. The van der Waals surface area contributed by atoms with Gasteiger partial charge in [-0.3, -0.25) is 9.78 Å². The number of aromatic nitrogens is 1. The predicted molar refractivity (Wildman–Crippen MR) is 125 cm³/mol. The molecule has 1 aliphatic heterocycles. The minimum atomic E-state index is -0.995. The molecule has 2 unspecified atom stereocenters. The molecule has 4 rings (SSSR count). The van der Waals surface area contributed by atoms with Crippen LogP contribution in [0.5, 0.6) is 5.75 Å². The number of imide groups is 1. The van der Waals surface area contributed by atoms with E-state index in [9.17, 15) is 14.9 Å². The largest absolute Gasteiger partial charge is 0.493 e. The Balaban J connectivity index is 1.43. The van der Waals surface area contributed by atoms with Crippen molar-refractivity contribution in [2.45, 2.75) is 38.1 Å². The van der Waals surface area contributed by atoms with E-state index in [1.807, 2.05) is 37.3 Å². The fourth-order valence-electron chi connectivity index (χ4n) is 4.20. The molecule has 0 radical (unpaired) electrons. The molecule has 1 aliphatic carbocycles. The number of rotatable bonds is 6. The normalized spacial score (nSPS) is 22.3. The van der Waals surface area contributed by atoms with Gasteiger partial charge in [-0.2, -0.15) is 5.26 Å². The van der Waals surface area contributed by atoms with Crippen LogP contribution in [0.2, 0.25) is 0 Å². The van der Waals surface area contributed by atoms with Crippen LogP contribution >= 0.6 is 11.6 Å². The summed E-state index contributed by atoms with van der Waals surface area (Å²) < 4.78 is 5.86. The number of pyridine rings is 1. The van der Waals surface area contributed by atoms with Crippen LogP contribution in [-0.2, 0) is 4.79 Å². The molecule has 1 aromatic carbocycles. The van der Waals surface area contributed by atoms with Crippen molar-refractivity contribution >= 4 is 34.4 Å². The number of benzene rings is 1. The molecule has 0 bridgehead atoms. The third kappa shape index (κ3) is 4.07. The average molecular weight is 465 g/mol. The Bertz CT molecular complexity index is 1210. The van der Waals surface area contributed by atoms with Gasteiger partial charge in [0, 0.05) is 41.4 Å². The molecule has 1 fully saturated rings. The first-order valence-corrected chi connectivity index (χ1v) is 11.3. The second-order valence-corrected chi connectivity index (χ2v) is 9.18. The maximum atomic E-state index is 13.3. The molecular weight excluding hydrogens is 440 g/mol. The van der Waals surface area contributed by atoms with E-state index in [-0.39, 0.29) is 17.9 Å². The molecule has 8 heteroatoms. The summed E-state index contributed by atoms with van der Waals surface area (Å²) in [6, 6.07) is 11.3. The molecular formula is C25H25ClN4O3. The molecule has 0 saturated carbocycles. The summed E-state index contributed by atoms with van der Waals surface area (Å²) in [5.74, 6) is 0.0601. The number of hydrogen-bond donors (Lipinski definition) is 0. The van der Waals surface area contributed by atoms with Gasteiger partial charge in [0.05, 0.1) is 23.6 Å². The van der Waals surface area contributed by atoms with Gasteiger partial charge in [0.1, 0.15) is 11.3 Å². The van der Waals surface area contributed by atoms with Crippen LogP contribution in [0.4, 0.5) is 4.79 Å². The van der Waals surface area contributed by atoms with Gasteiger partial charge in [-0.1, -0.05) is 13.0 Å². The maximum Gasteiger partial charge on any atom is 0.332 e. The number of amides is 3. The van der Waals surface area contributed by atoms with Crippen molar-refractivity contribution in [2.75, 3.05) is 13.2 Å². The number of ether oxygens (including phenoxy) is 1. The number of allylic oxidation sites excluding steroid dienone is 4. The average Bonchev–Trinajstić information content (AvgIpc) is 2.97. The van der Waals surface area contributed by atoms with E-state index in [1.165, 1.54) is 4.90 Å². The third-order valence-corrected chi connectivity index (χ3v) is 6.83. The first-order chi connectivity index (χ1) is 15.8. The van der Waals surface area contributed by atoms with E-state index < -0.39 is 10.9 Å². The first kappa shape index (κ1) is 22.8.